The van der Waals surface area contributed by atoms with E-state index >= 15 is 0 Å². The molecule has 1 N–H and O–H groups in total. The van der Waals surface area contributed by atoms with Gasteiger partial charge in [0.1, 0.15) is 23.7 Å². The molecule has 0 aliphatic carbocycles. The van der Waals surface area contributed by atoms with Crippen molar-refractivity contribution in [2.45, 2.75) is 6.36 Å². The Balaban J connectivity index is 2.59. The van der Waals surface area contributed by atoms with Gasteiger partial charge in [-0.05, 0) is 18.2 Å². The van der Waals surface area contributed by atoms with Gasteiger partial charge in [0.15, 0.2) is 0 Å². The fraction of sp³-hybridized carbons (Fsp3) is 0.300. The maximum absolute atomic E-state index is 12.8. The SMILES string of the molecule is O=C(O)c1cc(F)ccc1OCCOC(F)(F)F. The first kappa shape index (κ1) is 14.2. The van der Waals surface area contributed by atoms with Crippen LogP contribution < -0.4 is 4.74 Å². The van der Waals surface area contributed by atoms with Crippen LogP contribution in [0.25, 0.3) is 0 Å². The van der Waals surface area contributed by atoms with Crippen LogP contribution in [0.4, 0.5) is 17.6 Å². The Hall–Kier alpha value is -1.83. The third-order valence-electron chi connectivity index (χ3n) is 1.78. The van der Waals surface area contributed by atoms with Gasteiger partial charge < -0.3 is 9.84 Å². The van der Waals surface area contributed by atoms with Gasteiger partial charge in [-0.1, -0.05) is 0 Å². The molecule has 1 aromatic carbocycles. The van der Waals surface area contributed by atoms with Gasteiger partial charge in [-0.3, -0.25) is 4.74 Å². The zero-order valence-corrected chi connectivity index (χ0v) is 8.83. The second-order valence-corrected chi connectivity index (χ2v) is 3.09. The number of carboxylic acid groups (broad SMARTS) is 1. The molecule has 0 saturated heterocycles. The number of ether oxygens (including phenoxy) is 2. The number of aromatic carboxylic acids is 1. The summed E-state index contributed by atoms with van der Waals surface area (Å²) in [5.41, 5.74) is -0.470. The Labute approximate surface area is 98.7 Å². The number of halogens is 4. The van der Waals surface area contributed by atoms with Gasteiger partial charge in [-0.25, -0.2) is 9.18 Å². The summed E-state index contributed by atoms with van der Waals surface area (Å²) in [5, 5.41) is 8.72. The van der Waals surface area contributed by atoms with Gasteiger partial charge in [-0.15, -0.1) is 13.2 Å². The minimum Gasteiger partial charge on any atom is -0.490 e. The third kappa shape index (κ3) is 4.58. The molecule has 0 aliphatic heterocycles. The van der Waals surface area contributed by atoms with Gasteiger partial charge >= 0.3 is 12.3 Å². The molecule has 0 amide bonds. The van der Waals surface area contributed by atoms with Crippen LogP contribution in [-0.2, 0) is 4.74 Å². The maximum Gasteiger partial charge on any atom is 0.522 e. The van der Waals surface area contributed by atoms with Crippen molar-refractivity contribution in [1.29, 1.82) is 0 Å². The van der Waals surface area contributed by atoms with Crippen molar-refractivity contribution < 1.29 is 36.9 Å². The van der Waals surface area contributed by atoms with Gasteiger partial charge in [-0.2, -0.15) is 0 Å². The Morgan fingerprint density at radius 1 is 1.28 bits per heavy atom. The first-order valence-electron chi connectivity index (χ1n) is 4.66. The topological polar surface area (TPSA) is 55.8 Å². The van der Waals surface area contributed by atoms with Crippen molar-refractivity contribution in [2.75, 3.05) is 13.2 Å². The fourth-order valence-electron chi connectivity index (χ4n) is 1.10. The van der Waals surface area contributed by atoms with E-state index in [2.05, 4.69) is 4.74 Å². The maximum atomic E-state index is 12.8. The normalized spacial score (nSPS) is 11.3. The molecule has 8 heteroatoms. The predicted molar refractivity (Wildman–Crippen MR) is 50.9 cm³/mol. The number of rotatable bonds is 5. The van der Waals surface area contributed by atoms with Crippen LogP contribution in [0.1, 0.15) is 10.4 Å². The van der Waals surface area contributed by atoms with E-state index in [1.54, 1.807) is 0 Å². The van der Waals surface area contributed by atoms with Crippen molar-refractivity contribution in [3.63, 3.8) is 0 Å². The van der Waals surface area contributed by atoms with Crippen molar-refractivity contribution in [2.24, 2.45) is 0 Å². The average molecular weight is 268 g/mol. The average Bonchev–Trinajstić information content (AvgIpc) is 2.24. The summed E-state index contributed by atoms with van der Waals surface area (Å²) in [6, 6.07) is 2.67. The number of benzene rings is 1. The van der Waals surface area contributed by atoms with E-state index < -0.39 is 36.9 Å². The molecule has 0 unspecified atom stereocenters. The molecule has 0 saturated carbocycles. The molecule has 1 aromatic rings. The highest BCUT2D eigenvalue weighted by atomic mass is 19.4. The molecular weight excluding hydrogens is 260 g/mol. The molecular formula is C10H8F4O4. The van der Waals surface area contributed by atoms with Crippen molar-refractivity contribution in [1.82, 2.24) is 0 Å². The van der Waals surface area contributed by atoms with Crippen LogP contribution in [-0.4, -0.2) is 30.7 Å². The zero-order chi connectivity index (χ0) is 13.8. The zero-order valence-electron chi connectivity index (χ0n) is 8.83. The molecule has 0 aliphatic rings. The van der Waals surface area contributed by atoms with Crippen LogP contribution in [0.5, 0.6) is 5.75 Å². The Morgan fingerprint density at radius 3 is 2.50 bits per heavy atom. The van der Waals surface area contributed by atoms with Crippen LogP contribution in [0.3, 0.4) is 0 Å². The lowest BCUT2D eigenvalue weighted by Crippen LogP contribution is -2.18. The van der Waals surface area contributed by atoms with E-state index in [-0.39, 0.29) is 5.75 Å². The van der Waals surface area contributed by atoms with Crippen LogP contribution in [0, 0.1) is 5.82 Å². The largest absolute Gasteiger partial charge is 0.522 e. The van der Waals surface area contributed by atoms with E-state index in [0.717, 1.165) is 12.1 Å². The van der Waals surface area contributed by atoms with Gasteiger partial charge in [0.2, 0.25) is 0 Å². The lowest BCUT2D eigenvalue weighted by Gasteiger charge is -2.10. The molecule has 0 bridgehead atoms. The summed E-state index contributed by atoms with van der Waals surface area (Å²) in [6.07, 6.45) is -4.78. The second-order valence-electron chi connectivity index (χ2n) is 3.09. The third-order valence-corrected chi connectivity index (χ3v) is 1.78. The molecule has 0 spiro atoms. The molecule has 0 aromatic heterocycles. The first-order valence-corrected chi connectivity index (χ1v) is 4.66. The number of carboxylic acids is 1. The van der Waals surface area contributed by atoms with E-state index in [1.807, 2.05) is 0 Å². The van der Waals surface area contributed by atoms with E-state index in [9.17, 15) is 22.4 Å². The Bertz CT molecular complexity index is 430. The van der Waals surface area contributed by atoms with Crippen LogP contribution in [0.15, 0.2) is 18.2 Å². The van der Waals surface area contributed by atoms with Crippen molar-refractivity contribution in [3.8, 4) is 5.75 Å². The van der Waals surface area contributed by atoms with E-state index in [1.165, 1.54) is 0 Å². The number of carbonyl (C=O) groups is 1. The van der Waals surface area contributed by atoms with Gasteiger partial charge in [0.25, 0.3) is 0 Å². The number of hydrogen-bond donors (Lipinski definition) is 1. The Kier molecular flexibility index (Phi) is 4.49. The molecule has 0 heterocycles. The summed E-state index contributed by atoms with van der Waals surface area (Å²) >= 11 is 0. The lowest BCUT2D eigenvalue weighted by atomic mass is 10.2. The Morgan fingerprint density at radius 2 is 1.94 bits per heavy atom. The second kappa shape index (κ2) is 5.67. The van der Waals surface area contributed by atoms with Crippen molar-refractivity contribution in [3.05, 3.63) is 29.6 Å². The number of alkyl halides is 3. The minimum atomic E-state index is -4.78. The summed E-state index contributed by atoms with van der Waals surface area (Å²) < 4.78 is 55.8. The molecule has 0 radical (unpaired) electrons. The monoisotopic (exact) mass is 268 g/mol. The summed E-state index contributed by atoms with van der Waals surface area (Å²) in [7, 11) is 0. The highest BCUT2D eigenvalue weighted by Gasteiger charge is 2.28. The van der Waals surface area contributed by atoms with Gasteiger partial charge in [0, 0.05) is 0 Å². The molecule has 18 heavy (non-hydrogen) atoms. The van der Waals surface area contributed by atoms with Crippen molar-refractivity contribution >= 4 is 5.97 Å². The highest BCUT2D eigenvalue weighted by Crippen LogP contribution is 2.20. The summed E-state index contributed by atoms with van der Waals surface area (Å²) in [4.78, 5) is 10.7. The lowest BCUT2D eigenvalue weighted by molar-refractivity contribution is -0.325. The minimum absolute atomic E-state index is 0.227. The quantitative estimate of drug-likeness (QED) is 0.658. The van der Waals surface area contributed by atoms with Crippen LogP contribution >= 0.6 is 0 Å². The highest BCUT2D eigenvalue weighted by molar-refractivity contribution is 5.90. The number of hydrogen-bond acceptors (Lipinski definition) is 3. The smallest absolute Gasteiger partial charge is 0.490 e. The molecule has 0 atom stereocenters. The van der Waals surface area contributed by atoms with E-state index in [4.69, 9.17) is 9.84 Å². The molecule has 1 rings (SSSR count). The fourth-order valence-corrected chi connectivity index (χ4v) is 1.10. The van der Waals surface area contributed by atoms with E-state index in [0.29, 0.717) is 6.07 Å². The first-order chi connectivity index (χ1) is 8.29. The standard InChI is InChI=1S/C10H8F4O4/c11-6-1-2-8(7(5-6)9(15)16)17-3-4-18-10(12,13)14/h1-2,5H,3-4H2,(H,15,16). The summed E-state index contributed by atoms with van der Waals surface area (Å²) in [6.45, 7) is -1.30. The predicted octanol–water partition coefficient (Wildman–Crippen LogP) is 2.44. The molecule has 100 valence electrons. The molecule has 4 nitrogen and oxygen atoms in total. The van der Waals surface area contributed by atoms with Crippen LogP contribution in [0.2, 0.25) is 0 Å². The molecule has 0 fully saturated rings. The van der Waals surface area contributed by atoms with Gasteiger partial charge in [0.05, 0.1) is 6.61 Å². The summed E-state index contributed by atoms with van der Waals surface area (Å²) in [5.74, 6) is -2.46.